The van der Waals surface area contributed by atoms with Crippen molar-refractivity contribution in [2.45, 2.75) is 32.1 Å². The molecular weight excluding hydrogens is 280 g/mol. The van der Waals surface area contributed by atoms with Crippen LogP contribution in [0.3, 0.4) is 0 Å². The van der Waals surface area contributed by atoms with E-state index in [1.54, 1.807) is 0 Å². The molecule has 0 saturated heterocycles. The summed E-state index contributed by atoms with van der Waals surface area (Å²) in [6, 6.07) is 8.03. The second-order valence-corrected chi connectivity index (χ2v) is 5.51. The molecule has 0 bridgehead atoms. The Labute approximate surface area is 127 Å². The summed E-state index contributed by atoms with van der Waals surface area (Å²) in [5.74, 6) is -0.180. The summed E-state index contributed by atoms with van der Waals surface area (Å²) in [5.41, 5.74) is 7.89. The van der Waals surface area contributed by atoms with Gasteiger partial charge in [0, 0.05) is 12.3 Å². The Bertz CT molecular complexity index is 782. The number of rotatable bonds is 3. The number of nitrogen functional groups attached to an aromatic ring is 1. The molecule has 1 atom stereocenters. The van der Waals surface area contributed by atoms with Crippen molar-refractivity contribution in [1.82, 2.24) is 9.97 Å². The molecule has 6 heteroatoms. The number of carbonyl (C=O) groups excluding carboxylic acids is 1. The van der Waals surface area contributed by atoms with E-state index in [1.807, 2.05) is 12.1 Å². The predicted molar refractivity (Wildman–Crippen MR) is 84.8 cm³/mol. The van der Waals surface area contributed by atoms with Gasteiger partial charge in [0.2, 0.25) is 11.9 Å². The van der Waals surface area contributed by atoms with Gasteiger partial charge in [0.05, 0.1) is 5.56 Å². The quantitative estimate of drug-likeness (QED) is 0.804. The third kappa shape index (κ3) is 2.59. The van der Waals surface area contributed by atoms with Crippen LogP contribution in [-0.2, 0) is 11.2 Å². The second-order valence-electron chi connectivity index (χ2n) is 5.51. The third-order valence-corrected chi connectivity index (χ3v) is 3.86. The number of aromatic amines is 1. The summed E-state index contributed by atoms with van der Waals surface area (Å²) in [6.07, 6.45) is 2.25. The molecule has 1 aliphatic rings. The lowest BCUT2D eigenvalue weighted by atomic mass is 9.86. The molecule has 0 saturated carbocycles. The molecule has 1 amide bonds. The molecule has 1 aliphatic heterocycles. The fraction of sp³-hybridized carbons (Fsp3) is 0.312. The van der Waals surface area contributed by atoms with Crippen LogP contribution in [0.1, 0.15) is 42.4 Å². The highest BCUT2D eigenvalue weighted by Crippen LogP contribution is 2.34. The summed E-state index contributed by atoms with van der Waals surface area (Å²) in [6.45, 7) is 2.12. The Balaban J connectivity index is 2.11. The van der Waals surface area contributed by atoms with E-state index in [9.17, 15) is 9.59 Å². The number of anilines is 2. The van der Waals surface area contributed by atoms with E-state index in [4.69, 9.17) is 5.73 Å². The van der Waals surface area contributed by atoms with Crippen molar-refractivity contribution in [3.05, 3.63) is 51.3 Å². The van der Waals surface area contributed by atoms with Crippen LogP contribution in [0, 0.1) is 0 Å². The van der Waals surface area contributed by atoms with Gasteiger partial charge >= 0.3 is 0 Å². The maximum Gasteiger partial charge on any atom is 0.258 e. The number of hydrogen-bond donors (Lipinski definition) is 3. The first-order chi connectivity index (χ1) is 10.6. The third-order valence-electron chi connectivity index (χ3n) is 3.86. The number of aromatic nitrogens is 2. The minimum Gasteiger partial charge on any atom is -0.369 e. The van der Waals surface area contributed by atoms with Gasteiger partial charge in [0.15, 0.2) is 0 Å². The fourth-order valence-electron chi connectivity index (χ4n) is 2.93. The molecule has 1 aromatic carbocycles. The van der Waals surface area contributed by atoms with Crippen LogP contribution in [0.5, 0.6) is 0 Å². The highest BCUT2D eigenvalue weighted by atomic mass is 16.2. The van der Waals surface area contributed by atoms with Gasteiger partial charge in [-0.3, -0.25) is 14.6 Å². The monoisotopic (exact) mass is 298 g/mol. The molecule has 22 heavy (non-hydrogen) atoms. The molecule has 0 aliphatic carbocycles. The number of fused-ring (bicyclic) bond motifs is 1. The number of nitrogens with two attached hydrogens (primary N) is 1. The summed E-state index contributed by atoms with van der Waals surface area (Å²) < 4.78 is 0. The average molecular weight is 298 g/mol. The van der Waals surface area contributed by atoms with E-state index in [2.05, 4.69) is 34.3 Å². The Morgan fingerprint density at radius 1 is 1.36 bits per heavy atom. The summed E-state index contributed by atoms with van der Waals surface area (Å²) in [7, 11) is 0. The van der Waals surface area contributed by atoms with Gasteiger partial charge in [0.25, 0.3) is 5.56 Å². The van der Waals surface area contributed by atoms with Crippen LogP contribution >= 0.6 is 0 Å². The lowest BCUT2D eigenvalue weighted by Crippen LogP contribution is -2.31. The zero-order valence-corrected chi connectivity index (χ0v) is 12.3. The number of hydrogen-bond acceptors (Lipinski definition) is 4. The first-order valence-corrected chi connectivity index (χ1v) is 7.37. The smallest absolute Gasteiger partial charge is 0.258 e. The van der Waals surface area contributed by atoms with Crippen molar-refractivity contribution >= 4 is 17.7 Å². The Morgan fingerprint density at radius 2 is 2.18 bits per heavy atom. The van der Waals surface area contributed by atoms with E-state index in [0.717, 1.165) is 18.4 Å². The molecule has 4 N–H and O–H groups in total. The Kier molecular flexibility index (Phi) is 3.66. The number of amides is 1. The lowest BCUT2D eigenvalue weighted by Gasteiger charge is -2.24. The zero-order valence-electron chi connectivity index (χ0n) is 12.3. The number of aryl methyl sites for hydroxylation is 1. The number of nitrogens with one attached hydrogen (secondary N) is 2. The molecule has 0 fully saturated rings. The minimum atomic E-state index is -0.298. The average Bonchev–Trinajstić information content (AvgIpc) is 2.46. The predicted octanol–water partition coefficient (Wildman–Crippen LogP) is 1.78. The van der Waals surface area contributed by atoms with Crippen LogP contribution in [0.2, 0.25) is 0 Å². The Hall–Kier alpha value is -2.63. The number of carbonyl (C=O) groups is 1. The van der Waals surface area contributed by atoms with Gasteiger partial charge in [-0.25, -0.2) is 0 Å². The van der Waals surface area contributed by atoms with Gasteiger partial charge in [-0.1, -0.05) is 37.6 Å². The molecule has 6 nitrogen and oxygen atoms in total. The summed E-state index contributed by atoms with van der Waals surface area (Å²) in [5, 5.41) is 2.63. The van der Waals surface area contributed by atoms with Crippen LogP contribution in [0.15, 0.2) is 29.1 Å². The molecule has 3 rings (SSSR count). The van der Waals surface area contributed by atoms with Crippen LogP contribution < -0.4 is 16.6 Å². The van der Waals surface area contributed by atoms with Crippen LogP contribution in [0.4, 0.5) is 11.8 Å². The molecular formula is C16H18N4O2. The molecule has 1 unspecified atom stereocenters. The van der Waals surface area contributed by atoms with Gasteiger partial charge in [-0.05, 0) is 17.5 Å². The van der Waals surface area contributed by atoms with Crippen molar-refractivity contribution < 1.29 is 4.79 Å². The lowest BCUT2D eigenvalue weighted by molar-refractivity contribution is -0.116. The van der Waals surface area contributed by atoms with E-state index >= 15 is 0 Å². The highest BCUT2D eigenvalue weighted by molar-refractivity contribution is 5.94. The summed E-state index contributed by atoms with van der Waals surface area (Å²) >= 11 is 0. The van der Waals surface area contributed by atoms with Gasteiger partial charge in [0.1, 0.15) is 5.82 Å². The number of nitrogens with zero attached hydrogens (tertiary/aromatic N) is 1. The summed E-state index contributed by atoms with van der Waals surface area (Å²) in [4.78, 5) is 30.8. The van der Waals surface area contributed by atoms with Crippen molar-refractivity contribution in [3.63, 3.8) is 0 Å². The van der Waals surface area contributed by atoms with Gasteiger partial charge in [-0.15, -0.1) is 0 Å². The van der Waals surface area contributed by atoms with E-state index in [-0.39, 0.29) is 35.6 Å². The minimum absolute atomic E-state index is 0.00411. The SMILES string of the molecule is CCCc1cccc(C2CC(=O)Nc3nc(N)[nH]c(=O)c32)c1. The van der Waals surface area contributed by atoms with Crippen LogP contribution in [-0.4, -0.2) is 15.9 Å². The van der Waals surface area contributed by atoms with Crippen molar-refractivity contribution in [2.24, 2.45) is 0 Å². The maximum atomic E-state index is 12.3. The number of H-pyrrole nitrogens is 1. The first kappa shape index (κ1) is 14.3. The highest BCUT2D eigenvalue weighted by Gasteiger charge is 2.30. The topological polar surface area (TPSA) is 101 Å². The largest absolute Gasteiger partial charge is 0.369 e. The molecule has 2 heterocycles. The standard InChI is InChI=1S/C16H18N4O2/c1-2-4-9-5-3-6-10(7-9)11-8-12(21)18-14-13(11)15(22)20-16(17)19-14/h3,5-7,11H,2,4,8H2,1H3,(H4,17,18,19,20,21,22). The Morgan fingerprint density at radius 3 is 2.95 bits per heavy atom. The maximum absolute atomic E-state index is 12.3. The molecule has 0 spiro atoms. The fourth-order valence-corrected chi connectivity index (χ4v) is 2.93. The van der Waals surface area contributed by atoms with E-state index in [1.165, 1.54) is 5.56 Å². The number of benzene rings is 1. The van der Waals surface area contributed by atoms with Crippen molar-refractivity contribution in [3.8, 4) is 0 Å². The second kappa shape index (κ2) is 5.63. The molecule has 1 aromatic heterocycles. The van der Waals surface area contributed by atoms with Crippen molar-refractivity contribution in [2.75, 3.05) is 11.1 Å². The first-order valence-electron chi connectivity index (χ1n) is 7.37. The van der Waals surface area contributed by atoms with Gasteiger partial charge < -0.3 is 11.1 Å². The molecule has 114 valence electrons. The van der Waals surface area contributed by atoms with Crippen molar-refractivity contribution in [1.29, 1.82) is 0 Å². The molecule has 2 aromatic rings. The molecule has 0 radical (unpaired) electrons. The van der Waals surface area contributed by atoms with Gasteiger partial charge in [-0.2, -0.15) is 4.98 Å². The zero-order chi connectivity index (χ0) is 15.7. The van der Waals surface area contributed by atoms with E-state index in [0.29, 0.717) is 5.56 Å². The van der Waals surface area contributed by atoms with Crippen LogP contribution in [0.25, 0.3) is 0 Å². The normalized spacial score (nSPS) is 17.0. The van der Waals surface area contributed by atoms with E-state index < -0.39 is 0 Å².